The molecule has 0 radical (unpaired) electrons. The third-order valence-electron chi connectivity index (χ3n) is 6.06. The van der Waals surface area contributed by atoms with E-state index in [1.807, 2.05) is 0 Å². The van der Waals surface area contributed by atoms with Crippen molar-refractivity contribution in [2.75, 3.05) is 7.11 Å². The van der Waals surface area contributed by atoms with E-state index in [4.69, 9.17) is 20.8 Å². The molecule has 0 spiro atoms. The van der Waals surface area contributed by atoms with E-state index in [0.717, 1.165) is 5.56 Å². The predicted molar refractivity (Wildman–Crippen MR) is 155 cm³/mol. The van der Waals surface area contributed by atoms with Gasteiger partial charge in [-0.3, -0.25) is 19.8 Å². The SMILES string of the molecule is COc1ccc(N=C2S/C(=C\c3ccc(-c4ccc([N+](=O)[O-])cc4Cl)o3)C(=O)N2Cc2ccc(C(=O)O)cc2)cc1. The summed E-state index contributed by atoms with van der Waals surface area (Å²) in [5.41, 5.74) is 1.82. The highest BCUT2D eigenvalue weighted by atomic mass is 35.5. The number of aliphatic imine (C=N–C) groups is 1. The molecular weight excluding hydrogens is 570 g/mol. The van der Waals surface area contributed by atoms with Crippen molar-refractivity contribution in [2.24, 2.45) is 4.99 Å². The minimum atomic E-state index is -1.04. The van der Waals surface area contributed by atoms with Crippen LogP contribution in [0.5, 0.6) is 5.75 Å². The molecular formula is C29H20ClN3O7S. The summed E-state index contributed by atoms with van der Waals surface area (Å²) in [5, 5.41) is 20.8. The van der Waals surface area contributed by atoms with Crippen molar-refractivity contribution in [1.82, 2.24) is 4.90 Å². The van der Waals surface area contributed by atoms with Crippen molar-refractivity contribution in [3.05, 3.63) is 116 Å². The van der Waals surface area contributed by atoms with Crippen LogP contribution in [0.4, 0.5) is 11.4 Å². The lowest BCUT2D eigenvalue weighted by Crippen LogP contribution is -2.28. The van der Waals surface area contributed by atoms with E-state index in [-0.39, 0.29) is 28.7 Å². The first kappa shape index (κ1) is 27.7. The number of carboxylic acid groups (broad SMARTS) is 1. The number of rotatable bonds is 8. The van der Waals surface area contributed by atoms with E-state index in [1.54, 1.807) is 61.7 Å². The first-order valence-electron chi connectivity index (χ1n) is 12.0. The van der Waals surface area contributed by atoms with Crippen LogP contribution in [0.3, 0.4) is 0 Å². The number of amidine groups is 1. The minimum Gasteiger partial charge on any atom is -0.497 e. The average molecular weight is 590 g/mol. The smallest absolute Gasteiger partial charge is 0.335 e. The van der Waals surface area contributed by atoms with E-state index in [9.17, 15) is 24.8 Å². The maximum atomic E-state index is 13.5. The van der Waals surface area contributed by atoms with Crippen LogP contribution in [-0.4, -0.2) is 39.1 Å². The number of nitro groups is 1. The maximum absolute atomic E-state index is 13.5. The van der Waals surface area contributed by atoms with Gasteiger partial charge >= 0.3 is 5.97 Å². The first-order valence-corrected chi connectivity index (χ1v) is 13.2. The quantitative estimate of drug-likeness (QED) is 0.132. The summed E-state index contributed by atoms with van der Waals surface area (Å²) in [6.07, 6.45) is 1.59. The molecule has 0 bridgehead atoms. The number of non-ortho nitro benzene ring substituents is 1. The maximum Gasteiger partial charge on any atom is 0.335 e. The number of carbonyl (C=O) groups excluding carboxylic acids is 1. The third-order valence-corrected chi connectivity index (χ3v) is 7.38. The molecule has 1 N–H and O–H groups in total. The summed E-state index contributed by atoms with van der Waals surface area (Å²) >= 11 is 7.42. The zero-order chi connectivity index (χ0) is 29.1. The Bertz CT molecular complexity index is 1710. The minimum absolute atomic E-state index is 0.137. The average Bonchev–Trinajstić information content (AvgIpc) is 3.54. The number of halogens is 1. The molecule has 12 heteroatoms. The summed E-state index contributed by atoms with van der Waals surface area (Å²) in [5.74, 6) is 0.0817. The van der Waals surface area contributed by atoms with Crippen molar-refractivity contribution in [1.29, 1.82) is 0 Å². The fourth-order valence-corrected chi connectivity index (χ4v) is 5.20. The van der Waals surface area contributed by atoms with E-state index >= 15 is 0 Å². The number of hydrogen-bond acceptors (Lipinski definition) is 8. The normalized spacial score (nSPS) is 15.1. The standard InChI is InChI=1S/C29H20ClN3O7S/c1-39-21-9-6-19(7-10-21)31-29-32(16-17-2-4-18(5-3-17)28(35)36)27(34)26(41-29)15-22-11-13-25(40-22)23-12-8-20(33(37)38)14-24(23)30/h2-15H,16H2,1H3,(H,35,36)/b26-15-,31-29?. The Kier molecular flexibility index (Phi) is 7.90. The molecule has 1 aliphatic rings. The second-order valence-electron chi connectivity index (χ2n) is 8.72. The van der Waals surface area contributed by atoms with Crippen LogP contribution in [-0.2, 0) is 11.3 Å². The fourth-order valence-electron chi connectivity index (χ4n) is 3.96. The van der Waals surface area contributed by atoms with Gasteiger partial charge in [0.1, 0.15) is 17.3 Å². The fraction of sp³-hybridized carbons (Fsp3) is 0.0690. The van der Waals surface area contributed by atoms with Crippen LogP contribution in [0.1, 0.15) is 21.7 Å². The second-order valence-corrected chi connectivity index (χ2v) is 10.1. The zero-order valence-electron chi connectivity index (χ0n) is 21.3. The molecule has 1 saturated heterocycles. The van der Waals surface area contributed by atoms with Gasteiger partial charge in [-0.2, -0.15) is 0 Å². The van der Waals surface area contributed by atoms with Crippen LogP contribution in [0.25, 0.3) is 17.4 Å². The summed E-state index contributed by atoms with van der Waals surface area (Å²) < 4.78 is 11.1. The molecule has 2 heterocycles. The van der Waals surface area contributed by atoms with Crippen LogP contribution in [0.15, 0.2) is 93.2 Å². The van der Waals surface area contributed by atoms with Gasteiger partial charge in [0.05, 0.1) is 39.8 Å². The van der Waals surface area contributed by atoms with Gasteiger partial charge in [-0.05, 0) is 71.9 Å². The molecule has 0 saturated carbocycles. The lowest BCUT2D eigenvalue weighted by Gasteiger charge is -2.16. The van der Waals surface area contributed by atoms with E-state index in [0.29, 0.717) is 38.6 Å². The lowest BCUT2D eigenvalue weighted by molar-refractivity contribution is -0.384. The Hall–Kier alpha value is -4.87. The van der Waals surface area contributed by atoms with Gasteiger partial charge in [0.15, 0.2) is 5.17 Å². The Balaban J connectivity index is 1.45. The van der Waals surface area contributed by atoms with E-state index in [1.165, 1.54) is 47.0 Å². The summed E-state index contributed by atoms with van der Waals surface area (Å²) in [6, 6.07) is 20.8. The van der Waals surface area contributed by atoms with Crippen molar-refractivity contribution in [3.8, 4) is 17.1 Å². The van der Waals surface area contributed by atoms with E-state index in [2.05, 4.69) is 4.99 Å². The number of aromatic carboxylic acids is 1. The van der Waals surface area contributed by atoms with Crippen molar-refractivity contribution >= 4 is 57.9 Å². The number of furan rings is 1. The van der Waals surface area contributed by atoms with Gasteiger partial charge in [-0.15, -0.1) is 0 Å². The van der Waals surface area contributed by atoms with Crippen LogP contribution in [0, 0.1) is 10.1 Å². The highest BCUT2D eigenvalue weighted by Gasteiger charge is 2.34. The molecule has 5 rings (SSSR count). The number of nitrogens with zero attached hydrogens (tertiary/aromatic N) is 3. The Morgan fingerprint density at radius 2 is 1.85 bits per heavy atom. The molecule has 206 valence electrons. The Morgan fingerprint density at radius 3 is 2.49 bits per heavy atom. The summed E-state index contributed by atoms with van der Waals surface area (Å²) in [4.78, 5) is 41.8. The largest absolute Gasteiger partial charge is 0.497 e. The molecule has 10 nitrogen and oxygen atoms in total. The molecule has 3 aromatic carbocycles. The van der Waals surface area contributed by atoms with Gasteiger partial charge in [0.25, 0.3) is 11.6 Å². The second kappa shape index (κ2) is 11.7. The monoisotopic (exact) mass is 589 g/mol. The van der Waals surface area contributed by atoms with Gasteiger partial charge in [-0.1, -0.05) is 23.7 Å². The number of nitro benzene ring substituents is 1. The molecule has 1 fully saturated rings. The Morgan fingerprint density at radius 1 is 1.12 bits per heavy atom. The van der Waals surface area contributed by atoms with Gasteiger partial charge in [0, 0.05) is 23.8 Å². The van der Waals surface area contributed by atoms with Crippen LogP contribution < -0.4 is 4.74 Å². The van der Waals surface area contributed by atoms with Crippen LogP contribution in [0.2, 0.25) is 5.02 Å². The number of amides is 1. The molecule has 0 atom stereocenters. The van der Waals surface area contributed by atoms with E-state index < -0.39 is 10.9 Å². The molecule has 1 amide bonds. The number of thioether (sulfide) groups is 1. The third kappa shape index (κ3) is 6.16. The predicted octanol–water partition coefficient (Wildman–Crippen LogP) is 7.02. The van der Waals surface area contributed by atoms with Crippen molar-refractivity contribution in [2.45, 2.75) is 6.54 Å². The number of methoxy groups -OCH3 is 1. The molecule has 1 aliphatic heterocycles. The first-order chi connectivity index (χ1) is 19.7. The topological polar surface area (TPSA) is 135 Å². The highest BCUT2D eigenvalue weighted by Crippen LogP contribution is 2.37. The molecule has 41 heavy (non-hydrogen) atoms. The van der Waals surface area contributed by atoms with Gasteiger partial charge in [-0.25, -0.2) is 9.79 Å². The number of benzene rings is 3. The summed E-state index contributed by atoms with van der Waals surface area (Å²) in [6.45, 7) is 0.167. The number of ether oxygens (including phenoxy) is 1. The summed E-state index contributed by atoms with van der Waals surface area (Å²) in [7, 11) is 1.57. The van der Waals surface area contributed by atoms with Crippen molar-refractivity contribution < 1.29 is 28.8 Å². The number of hydrogen-bond donors (Lipinski definition) is 1. The molecule has 0 aliphatic carbocycles. The van der Waals surface area contributed by atoms with Gasteiger partial charge in [0.2, 0.25) is 0 Å². The zero-order valence-corrected chi connectivity index (χ0v) is 22.9. The number of carboxylic acids is 1. The highest BCUT2D eigenvalue weighted by molar-refractivity contribution is 8.18. The van der Waals surface area contributed by atoms with Gasteiger partial charge < -0.3 is 14.3 Å². The lowest BCUT2D eigenvalue weighted by atomic mass is 10.1. The molecule has 4 aromatic rings. The molecule has 1 aromatic heterocycles. The van der Waals surface area contributed by atoms with Crippen LogP contribution >= 0.6 is 23.4 Å². The molecule has 0 unspecified atom stereocenters. The number of carbonyl (C=O) groups is 2. The Labute approximate surface area is 242 Å². The van der Waals surface area contributed by atoms with Crippen molar-refractivity contribution in [3.63, 3.8) is 0 Å².